The van der Waals surface area contributed by atoms with Crippen molar-refractivity contribution in [3.05, 3.63) is 85.7 Å². The zero-order valence-electron chi connectivity index (χ0n) is 16.8. The zero-order chi connectivity index (χ0) is 21.0. The van der Waals surface area contributed by atoms with Crippen LogP contribution in [0.5, 0.6) is 0 Å². The van der Waals surface area contributed by atoms with Gasteiger partial charge in [-0.2, -0.15) is 0 Å². The van der Waals surface area contributed by atoms with Crippen molar-refractivity contribution in [1.82, 2.24) is 10.2 Å². The maximum absolute atomic E-state index is 13.5. The van der Waals surface area contributed by atoms with Gasteiger partial charge in [-0.1, -0.05) is 59.7 Å². The van der Waals surface area contributed by atoms with E-state index in [-0.39, 0.29) is 17.1 Å². The van der Waals surface area contributed by atoms with Crippen LogP contribution in [0.4, 0.5) is 5.13 Å². The lowest BCUT2D eigenvalue weighted by molar-refractivity contribution is 0.0970. The minimum absolute atomic E-state index is 0.0789. The van der Waals surface area contributed by atoms with Crippen LogP contribution in [0.25, 0.3) is 11.0 Å². The maximum atomic E-state index is 13.5. The fourth-order valence-corrected chi connectivity index (χ4v) is 4.64. The molecule has 0 N–H and O–H groups in total. The van der Waals surface area contributed by atoms with Gasteiger partial charge in [0.25, 0.3) is 5.91 Å². The Morgan fingerprint density at radius 2 is 1.77 bits per heavy atom. The normalized spacial score (nSPS) is 15.8. The van der Waals surface area contributed by atoms with E-state index in [0.717, 1.165) is 28.1 Å². The van der Waals surface area contributed by atoms with Crippen molar-refractivity contribution >= 4 is 33.3 Å². The Labute approximate surface area is 176 Å². The van der Waals surface area contributed by atoms with Crippen LogP contribution < -0.4 is 10.3 Å². The van der Waals surface area contributed by atoms with Crippen LogP contribution in [0.15, 0.2) is 51.7 Å². The second-order valence-corrected chi connectivity index (χ2v) is 8.53. The molecule has 150 valence electrons. The fraction of sp³-hybridized carbons (Fsp3) is 0.217. The molecule has 2 aromatic carbocycles. The van der Waals surface area contributed by atoms with E-state index in [0.29, 0.717) is 21.7 Å². The summed E-state index contributed by atoms with van der Waals surface area (Å²) >= 11 is 1.36. The first-order chi connectivity index (χ1) is 14.5. The number of aromatic nitrogens is 2. The Kier molecular flexibility index (Phi) is 4.29. The van der Waals surface area contributed by atoms with Crippen molar-refractivity contribution < 1.29 is 9.21 Å². The number of aryl methyl sites for hydroxylation is 3. The quantitative estimate of drug-likeness (QED) is 0.488. The Balaban J connectivity index is 1.80. The second-order valence-electron chi connectivity index (χ2n) is 7.49. The van der Waals surface area contributed by atoms with Crippen molar-refractivity contribution in [2.75, 3.05) is 4.90 Å². The van der Waals surface area contributed by atoms with Crippen LogP contribution in [0.1, 0.15) is 50.8 Å². The number of carbonyl (C=O) groups excluding carboxylic acids is 1. The van der Waals surface area contributed by atoms with Gasteiger partial charge in [0, 0.05) is 0 Å². The average molecular weight is 417 g/mol. The van der Waals surface area contributed by atoms with Gasteiger partial charge in [-0.3, -0.25) is 14.5 Å². The predicted octanol–water partition coefficient (Wildman–Crippen LogP) is 4.57. The van der Waals surface area contributed by atoms with E-state index >= 15 is 0 Å². The van der Waals surface area contributed by atoms with E-state index in [1.807, 2.05) is 51.1 Å². The van der Waals surface area contributed by atoms with E-state index in [9.17, 15) is 9.59 Å². The molecule has 4 aromatic rings. The van der Waals surface area contributed by atoms with Crippen molar-refractivity contribution in [3.63, 3.8) is 0 Å². The van der Waals surface area contributed by atoms with Crippen molar-refractivity contribution in [2.45, 2.75) is 33.2 Å². The van der Waals surface area contributed by atoms with Gasteiger partial charge < -0.3 is 4.42 Å². The van der Waals surface area contributed by atoms with Crippen molar-refractivity contribution in [3.8, 4) is 0 Å². The molecule has 30 heavy (non-hydrogen) atoms. The molecule has 2 aromatic heterocycles. The lowest BCUT2D eigenvalue weighted by Gasteiger charge is -2.22. The Morgan fingerprint density at radius 1 is 1.03 bits per heavy atom. The highest BCUT2D eigenvalue weighted by atomic mass is 32.1. The van der Waals surface area contributed by atoms with E-state index in [4.69, 9.17) is 4.42 Å². The number of nitrogens with zero attached hydrogens (tertiary/aromatic N) is 3. The van der Waals surface area contributed by atoms with Gasteiger partial charge in [-0.15, -0.1) is 10.2 Å². The molecule has 1 amide bonds. The van der Waals surface area contributed by atoms with Crippen LogP contribution >= 0.6 is 11.3 Å². The highest BCUT2D eigenvalue weighted by Crippen LogP contribution is 2.42. The van der Waals surface area contributed by atoms with Crippen LogP contribution in [0.3, 0.4) is 0 Å². The number of hydrogen-bond donors (Lipinski definition) is 0. The molecule has 0 spiro atoms. The molecule has 1 aliphatic rings. The number of fused-ring (bicyclic) bond motifs is 2. The van der Waals surface area contributed by atoms with Gasteiger partial charge in [0.2, 0.25) is 10.9 Å². The third-order valence-corrected chi connectivity index (χ3v) is 6.45. The number of benzene rings is 2. The summed E-state index contributed by atoms with van der Waals surface area (Å²) in [4.78, 5) is 28.5. The predicted molar refractivity (Wildman–Crippen MR) is 116 cm³/mol. The second kappa shape index (κ2) is 6.88. The molecule has 5 rings (SSSR count). The molecule has 3 heterocycles. The SMILES string of the molecule is CCc1nnc(N2C(=O)c3oc4ccc(C)cc4c(=O)c3[C@@H]2c2ccc(C)cc2)s1. The summed E-state index contributed by atoms with van der Waals surface area (Å²) in [6.07, 6.45) is 0.724. The standard InChI is InChI=1S/C23H19N3O3S/c1-4-17-24-25-23(30-17)26-19(14-8-5-12(2)6-9-14)18-20(27)15-11-13(3)7-10-16(15)29-21(18)22(26)28/h5-11,19H,4H2,1-3H3/t19-/m0/s1. The smallest absolute Gasteiger partial charge is 0.297 e. The molecule has 0 bridgehead atoms. The summed E-state index contributed by atoms with van der Waals surface area (Å²) in [6.45, 7) is 5.91. The maximum Gasteiger partial charge on any atom is 0.297 e. The molecule has 0 aliphatic carbocycles. The average Bonchev–Trinajstić information content (AvgIpc) is 3.32. The molecule has 0 saturated heterocycles. The fourth-order valence-electron chi connectivity index (χ4n) is 3.83. The summed E-state index contributed by atoms with van der Waals surface area (Å²) in [6, 6.07) is 12.6. The zero-order valence-corrected chi connectivity index (χ0v) is 17.6. The molecule has 0 radical (unpaired) electrons. The van der Waals surface area contributed by atoms with Gasteiger partial charge in [-0.25, -0.2) is 0 Å². The third-order valence-electron chi connectivity index (χ3n) is 5.38. The minimum atomic E-state index is -0.605. The molecular formula is C23H19N3O3S. The van der Waals surface area contributed by atoms with Gasteiger partial charge in [-0.05, 0) is 38.0 Å². The van der Waals surface area contributed by atoms with Crippen LogP contribution in [-0.2, 0) is 6.42 Å². The van der Waals surface area contributed by atoms with Crippen LogP contribution in [-0.4, -0.2) is 16.1 Å². The molecule has 1 atom stereocenters. The molecule has 0 unspecified atom stereocenters. The number of amides is 1. The monoisotopic (exact) mass is 417 g/mol. The molecule has 7 heteroatoms. The van der Waals surface area contributed by atoms with E-state index in [1.54, 1.807) is 17.0 Å². The summed E-state index contributed by atoms with van der Waals surface area (Å²) in [5, 5.41) is 10.2. The van der Waals surface area contributed by atoms with Crippen LogP contribution in [0.2, 0.25) is 0 Å². The first-order valence-corrected chi connectivity index (χ1v) is 10.6. The molecule has 1 aliphatic heterocycles. The summed E-state index contributed by atoms with van der Waals surface area (Å²) in [5.41, 5.74) is 3.47. The molecular weight excluding hydrogens is 398 g/mol. The van der Waals surface area contributed by atoms with Gasteiger partial charge in [0.1, 0.15) is 10.6 Å². The van der Waals surface area contributed by atoms with E-state index < -0.39 is 6.04 Å². The summed E-state index contributed by atoms with van der Waals surface area (Å²) < 4.78 is 5.98. The highest BCUT2D eigenvalue weighted by Gasteiger charge is 2.45. The topological polar surface area (TPSA) is 76.3 Å². The lowest BCUT2D eigenvalue weighted by atomic mass is 9.97. The number of carbonyl (C=O) groups is 1. The van der Waals surface area contributed by atoms with Gasteiger partial charge in [0.15, 0.2) is 5.43 Å². The van der Waals surface area contributed by atoms with Crippen molar-refractivity contribution in [2.24, 2.45) is 0 Å². The van der Waals surface area contributed by atoms with Gasteiger partial charge >= 0.3 is 0 Å². The first kappa shape index (κ1) is 18.7. The Hall–Kier alpha value is -3.32. The van der Waals surface area contributed by atoms with E-state index in [1.165, 1.54) is 11.3 Å². The van der Waals surface area contributed by atoms with Crippen LogP contribution in [0, 0.1) is 13.8 Å². The molecule has 6 nitrogen and oxygen atoms in total. The Bertz CT molecular complexity index is 1350. The van der Waals surface area contributed by atoms with Gasteiger partial charge in [0.05, 0.1) is 17.0 Å². The minimum Gasteiger partial charge on any atom is -0.450 e. The number of hydrogen-bond acceptors (Lipinski definition) is 6. The lowest BCUT2D eigenvalue weighted by Crippen LogP contribution is -2.29. The summed E-state index contributed by atoms with van der Waals surface area (Å²) in [5.74, 6) is -0.288. The summed E-state index contributed by atoms with van der Waals surface area (Å²) in [7, 11) is 0. The first-order valence-electron chi connectivity index (χ1n) is 9.77. The third kappa shape index (κ3) is 2.77. The number of rotatable bonds is 3. The highest BCUT2D eigenvalue weighted by molar-refractivity contribution is 7.15. The molecule has 0 fully saturated rings. The van der Waals surface area contributed by atoms with Crippen molar-refractivity contribution in [1.29, 1.82) is 0 Å². The Morgan fingerprint density at radius 3 is 2.47 bits per heavy atom. The molecule has 0 saturated carbocycles. The largest absolute Gasteiger partial charge is 0.450 e. The number of anilines is 1. The van der Waals surface area contributed by atoms with E-state index in [2.05, 4.69) is 10.2 Å².